The second kappa shape index (κ2) is 7.12. The van der Waals surface area contributed by atoms with E-state index in [9.17, 15) is 13.2 Å². The molecule has 1 fully saturated rings. The molecule has 0 spiro atoms. The van der Waals surface area contributed by atoms with Crippen LogP contribution in [0.1, 0.15) is 58.8 Å². The van der Waals surface area contributed by atoms with E-state index in [2.05, 4.69) is 11.8 Å². The molecule has 1 aliphatic rings. The summed E-state index contributed by atoms with van der Waals surface area (Å²) >= 11 is 0. The summed E-state index contributed by atoms with van der Waals surface area (Å²) < 4.78 is 36.9. The van der Waals surface area contributed by atoms with Gasteiger partial charge in [-0.1, -0.05) is 6.92 Å². The lowest BCUT2D eigenvalue weighted by Gasteiger charge is -2.45. The van der Waals surface area contributed by atoms with E-state index >= 15 is 0 Å². The first kappa shape index (κ1) is 17.8. The first-order valence-electron chi connectivity index (χ1n) is 7.68. The summed E-state index contributed by atoms with van der Waals surface area (Å²) in [5, 5.41) is 0. The Hall–Kier alpha value is -0.290. The second-order valence-corrected chi connectivity index (χ2v) is 6.69. The molecule has 0 bridgehead atoms. The predicted molar refractivity (Wildman–Crippen MR) is 76.5 cm³/mol. The highest BCUT2D eigenvalue weighted by molar-refractivity contribution is 4.91. The monoisotopic (exact) mass is 294 g/mol. The highest BCUT2D eigenvalue weighted by Crippen LogP contribution is 2.33. The molecule has 0 aromatic rings. The van der Waals surface area contributed by atoms with Gasteiger partial charge in [-0.15, -0.1) is 0 Å². The van der Waals surface area contributed by atoms with E-state index in [1.54, 1.807) is 0 Å². The zero-order chi connectivity index (χ0) is 15.4. The van der Waals surface area contributed by atoms with Gasteiger partial charge in [0.1, 0.15) is 0 Å². The van der Waals surface area contributed by atoms with Crippen molar-refractivity contribution < 1.29 is 13.2 Å². The van der Waals surface area contributed by atoms with Crippen LogP contribution in [0.3, 0.4) is 0 Å². The maximum absolute atomic E-state index is 12.3. The van der Waals surface area contributed by atoms with E-state index in [1.807, 2.05) is 14.0 Å². The molecule has 0 aromatic carbocycles. The summed E-state index contributed by atoms with van der Waals surface area (Å²) in [6, 6.07) is 0.464. The number of nitrogens with zero attached hydrogens (tertiary/aromatic N) is 1. The van der Waals surface area contributed by atoms with Gasteiger partial charge in [0, 0.05) is 24.5 Å². The van der Waals surface area contributed by atoms with Crippen LogP contribution in [0.4, 0.5) is 13.2 Å². The number of likely N-dealkylation sites (N-methyl/N-ethyl adjacent to an activating group) is 1. The minimum absolute atomic E-state index is 0.157. The molecular weight excluding hydrogens is 265 g/mol. The summed E-state index contributed by atoms with van der Waals surface area (Å²) in [6.45, 7) is 4.68. The van der Waals surface area contributed by atoms with Crippen molar-refractivity contribution in [2.45, 2.75) is 76.6 Å². The molecular formula is C15H29F3N2. The van der Waals surface area contributed by atoms with Gasteiger partial charge in [0.15, 0.2) is 0 Å². The van der Waals surface area contributed by atoms with Crippen LogP contribution in [0.15, 0.2) is 0 Å². The molecule has 0 radical (unpaired) electrons. The fraction of sp³-hybridized carbons (Fsp3) is 1.00. The Morgan fingerprint density at radius 1 is 1.10 bits per heavy atom. The highest BCUT2D eigenvalue weighted by atomic mass is 19.4. The first-order valence-corrected chi connectivity index (χ1v) is 7.68. The zero-order valence-electron chi connectivity index (χ0n) is 13.0. The van der Waals surface area contributed by atoms with Crippen molar-refractivity contribution in [3.63, 3.8) is 0 Å². The molecule has 5 heteroatoms. The van der Waals surface area contributed by atoms with Crippen molar-refractivity contribution in [1.82, 2.24) is 4.90 Å². The molecule has 0 amide bonds. The van der Waals surface area contributed by atoms with Gasteiger partial charge in [-0.05, 0) is 58.4 Å². The van der Waals surface area contributed by atoms with Gasteiger partial charge in [0.25, 0.3) is 0 Å². The van der Waals surface area contributed by atoms with Crippen LogP contribution in [-0.2, 0) is 0 Å². The number of hydrogen-bond acceptors (Lipinski definition) is 2. The second-order valence-electron chi connectivity index (χ2n) is 6.69. The van der Waals surface area contributed by atoms with Crippen molar-refractivity contribution in [1.29, 1.82) is 0 Å². The van der Waals surface area contributed by atoms with E-state index in [4.69, 9.17) is 5.73 Å². The average molecular weight is 294 g/mol. The fourth-order valence-corrected chi connectivity index (χ4v) is 3.16. The largest absolute Gasteiger partial charge is 0.389 e. The van der Waals surface area contributed by atoms with E-state index in [-0.39, 0.29) is 12.0 Å². The van der Waals surface area contributed by atoms with E-state index in [0.29, 0.717) is 19.0 Å². The molecule has 1 unspecified atom stereocenters. The topological polar surface area (TPSA) is 29.3 Å². The van der Waals surface area contributed by atoms with Crippen LogP contribution in [0.5, 0.6) is 0 Å². The smallest absolute Gasteiger partial charge is 0.329 e. The van der Waals surface area contributed by atoms with Crippen LogP contribution in [0.2, 0.25) is 0 Å². The molecule has 1 rings (SSSR count). The number of hydrogen-bond donors (Lipinski definition) is 1. The van der Waals surface area contributed by atoms with E-state index in [0.717, 1.165) is 18.8 Å². The van der Waals surface area contributed by atoms with Crippen molar-refractivity contribution >= 4 is 0 Å². The lowest BCUT2D eigenvalue weighted by atomic mass is 9.83. The van der Waals surface area contributed by atoms with Gasteiger partial charge in [-0.2, -0.15) is 13.2 Å². The molecule has 1 aliphatic carbocycles. The van der Waals surface area contributed by atoms with Crippen molar-refractivity contribution in [3.05, 3.63) is 0 Å². The molecule has 20 heavy (non-hydrogen) atoms. The molecule has 0 heterocycles. The van der Waals surface area contributed by atoms with Crippen molar-refractivity contribution in [3.8, 4) is 0 Å². The van der Waals surface area contributed by atoms with Gasteiger partial charge in [-0.3, -0.25) is 4.90 Å². The van der Waals surface area contributed by atoms with Gasteiger partial charge in [-0.25, -0.2) is 0 Å². The summed E-state index contributed by atoms with van der Waals surface area (Å²) in [7, 11) is 2.03. The number of halogens is 3. The number of rotatable bonds is 6. The maximum atomic E-state index is 12.3. The van der Waals surface area contributed by atoms with Crippen LogP contribution < -0.4 is 5.73 Å². The molecule has 120 valence electrons. The third-order valence-electron chi connectivity index (χ3n) is 5.00. The Morgan fingerprint density at radius 2 is 1.65 bits per heavy atom. The summed E-state index contributed by atoms with van der Waals surface area (Å²) in [4.78, 5) is 2.25. The van der Waals surface area contributed by atoms with Crippen molar-refractivity contribution in [2.75, 3.05) is 13.6 Å². The quantitative estimate of drug-likeness (QED) is 0.804. The first-order chi connectivity index (χ1) is 9.18. The standard InChI is InChI=1S/C15H29F3N2/c1-12-5-7-13(8-6-12)20(3)14(2,11-19)9-4-10-15(16,17)18/h12-13H,4-11,19H2,1-3H3. The SMILES string of the molecule is CC1CCC(N(C)C(C)(CN)CCCC(F)(F)F)CC1. The summed E-state index contributed by atoms with van der Waals surface area (Å²) in [6.07, 6.45) is 0.568. The maximum Gasteiger partial charge on any atom is 0.389 e. The van der Waals surface area contributed by atoms with Crippen molar-refractivity contribution in [2.24, 2.45) is 11.7 Å². The number of nitrogens with two attached hydrogens (primary N) is 1. The molecule has 0 saturated heterocycles. The third-order valence-corrected chi connectivity index (χ3v) is 5.00. The fourth-order valence-electron chi connectivity index (χ4n) is 3.16. The molecule has 0 aliphatic heterocycles. The molecule has 1 saturated carbocycles. The van der Waals surface area contributed by atoms with Gasteiger partial charge >= 0.3 is 6.18 Å². The van der Waals surface area contributed by atoms with Crippen LogP contribution in [0.25, 0.3) is 0 Å². The Bertz CT molecular complexity index is 285. The third kappa shape index (κ3) is 5.24. The molecule has 2 nitrogen and oxygen atoms in total. The Balaban J connectivity index is 2.53. The van der Waals surface area contributed by atoms with Gasteiger partial charge < -0.3 is 5.73 Å². The van der Waals surface area contributed by atoms with Crippen LogP contribution in [0, 0.1) is 5.92 Å². The zero-order valence-corrected chi connectivity index (χ0v) is 13.0. The highest BCUT2D eigenvalue weighted by Gasteiger charge is 2.35. The Labute approximate surface area is 120 Å². The predicted octanol–water partition coefficient (Wildman–Crippen LogP) is 3.95. The summed E-state index contributed by atoms with van der Waals surface area (Å²) in [5.74, 6) is 0.772. The molecule has 2 N–H and O–H groups in total. The lowest BCUT2D eigenvalue weighted by Crippen LogP contribution is -2.54. The summed E-state index contributed by atoms with van der Waals surface area (Å²) in [5.41, 5.74) is 5.55. The molecule has 1 atom stereocenters. The Kier molecular flexibility index (Phi) is 6.32. The van der Waals surface area contributed by atoms with E-state index in [1.165, 1.54) is 12.8 Å². The van der Waals surface area contributed by atoms with Gasteiger partial charge in [0.05, 0.1) is 0 Å². The minimum Gasteiger partial charge on any atom is -0.329 e. The Morgan fingerprint density at radius 3 is 2.10 bits per heavy atom. The number of alkyl halides is 3. The normalized spacial score (nSPS) is 27.6. The molecule has 0 aromatic heterocycles. The van der Waals surface area contributed by atoms with E-state index < -0.39 is 12.6 Å². The minimum atomic E-state index is -4.06. The average Bonchev–Trinajstić information content (AvgIpc) is 2.37. The van der Waals surface area contributed by atoms with Gasteiger partial charge in [0.2, 0.25) is 0 Å². The van der Waals surface area contributed by atoms with Crippen LogP contribution in [-0.4, -0.2) is 36.2 Å². The lowest BCUT2D eigenvalue weighted by molar-refractivity contribution is -0.137. The van der Waals surface area contributed by atoms with Crippen LogP contribution >= 0.6 is 0 Å².